The molecule has 0 aliphatic heterocycles. The van der Waals surface area contributed by atoms with Crippen LogP contribution in [0.3, 0.4) is 0 Å². The summed E-state index contributed by atoms with van der Waals surface area (Å²) in [6, 6.07) is 7.40. The van der Waals surface area contributed by atoms with Crippen molar-refractivity contribution in [2.45, 2.75) is 6.92 Å². The van der Waals surface area contributed by atoms with Gasteiger partial charge in [0.05, 0.1) is 22.6 Å². The van der Waals surface area contributed by atoms with Crippen LogP contribution in [0.1, 0.15) is 17.3 Å². The van der Waals surface area contributed by atoms with Gasteiger partial charge in [-0.25, -0.2) is 4.79 Å². The first kappa shape index (κ1) is 10.8. The van der Waals surface area contributed by atoms with Gasteiger partial charge < -0.3 is 4.74 Å². The number of esters is 1. The minimum absolute atomic E-state index is 0.286. The number of nitrogens with zero attached hydrogens (tertiary/aromatic N) is 1. The largest absolute Gasteiger partial charge is 0.462 e. The molecule has 0 unspecified atom stereocenters. The Morgan fingerprint density at radius 1 is 1.44 bits per heavy atom. The molecule has 2 aromatic rings. The Labute approximate surface area is 97.7 Å². The molecule has 0 radical (unpaired) electrons. The number of thiazole rings is 1. The molecule has 0 aliphatic carbocycles. The number of carbonyl (C=O) groups is 1. The van der Waals surface area contributed by atoms with Crippen LogP contribution in [0.25, 0.3) is 10.4 Å². The van der Waals surface area contributed by atoms with Crippen molar-refractivity contribution >= 4 is 17.3 Å². The third-order valence-corrected chi connectivity index (χ3v) is 2.93. The minimum atomic E-state index is -0.286. The summed E-state index contributed by atoms with van der Waals surface area (Å²) in [6.45, 7) is 2.18. The minimum Gasteiger partial charge on any atom is -0.462 e. The van der Waals surface area contributed by atoms with Crippen LogP contribution in [0.2, 0.25) is 0 Å². The summed E-state index contributed by atoms with van der Waals surface area (Å²) < 4.78 is 5.01. The van der Waals surface area contributed by atoms with Crippen LogP contribution in [-0.2, 0) is 4.74 Å². The average Bonchev–Trinajstić information content (AvgIpc) is 2.83. The number of aromatic nitrogens is 1. The Balaban J connectivity index is 2.42. The summed E-state index contributed by atoms with van der Waals surface area (Å²) in [6.07, 6.45) is 1.75. The van der Waals surface area contributed by atoms with E-state index in [0.717, 1.165) is 10.4 Å². The van der Waals surface area contributed by atoms with Crippen LogP contribution in [0, 0.1) is 0 Å². The first-order chi connectivity index (χ1) is 7.83. The number of carbonyl (C=O) groups excluding carboxylic acids is 1. The van der Waals surface area contributed by atoms with Gasteiger partial charge in [0, 0.05) is 11.8 Å². The van der Waals surface area contributed by atoms with E-state index in [0.29, 0.717) is 12.2 Å². The molecule has 0 spiro atoms. The second kappa shape index (κ2) is 4.90. The summed E-state index contributed by atoms with van der Waals surface area (Å²) in [4.78, 5) is 16.7. The van der Waals surface area contributed by atoms with Crippen LogP contribution in [-0.4, -0.2) is 17.6 Å². The molecular formula is C12H11NO2S. The second-order valence-corrected chi connectivity index (χ2v) is 4.02. The molecule has 4 heteroatoms. The zero-order valence-corrected chi connectivity index (χ0v) is 9.66. The second-order valence-electron chi connectivity index (χ2n) is 3.13. The third kappa shape index (κ3) is 2.12. The van der Waals surface area contributed by atoms with Crippen molar-refractivity contribution in [1.82, 2.24) is 4.98 Å². The van der Waals surface area contributed by atoms with Gasteiger partial charge in [-0.15, -0.1) is 11.3 Å². The Morgan fingerprint density at radius 3 is 2.94 bits per heavy atom. The molecule has 1 heterocycles. The van der Waals surface area contributed by atoms with E-state index in [2.05, 4.69) is 4.98 Å². The fourth-order valence-corrected chi connectivity index (χ4v) is 2.10. The molecule has 0 bridgehead atoms. The first-order valence-electron chi connectivity index (χ1n) is 4.98. The molecule has 0 aliphatic rings. The molecule has 1 aromatic carbocycles. The standard InChI is InChI=1S/C12H11NO2S/c1-2-15-12(14)10-6-4-3-5-9(10)11-7-13-8-16-11/h3-8H,2H2,1H3. The van der Waals surface area contributed by atoms with E-state index in [4.69, 9.17) is 4.74 Å². The number of hydrogen-bond donors (Lipinski definition) is 0. The molecule has 0 atom stereocenters. The zero-order valence-electron chi connectivity index (χ0n) is 8.84. The van der Waals surface area contributed by atoms with Gasteiger partial charge in [-0.05, 0) is 13.0 Å². The Morgan fingerprint density at radius 2 is 2.25 bits per heavy atom. The molecule has 82 valence electrons. The lowest BCUT2D eigenvalue weighted by atomic mass is 10.1. The predicted octanol–water partition coefficient (Wildman–Crippen LogP) is 2.99. The van der Waals surface area contributed by atoms with Crippen molar-refractivity contribution in [2.24, 2.45) is 0 Å². The number of hydrogen-bond acceptors (Lipinski definition) is 4. The molecule has 0 fully saturated rings. The lowest BCUT2D eigenvalue weighted by molar-refractivity contribution is 0.0527. The normalized spacial score (nSPS) is 10.1. The van der Waals surface area contributed by atoms with Gasteiger partial charge >= 0.3 is 5.97 Å². The zero-order chi connectivity index (χ0) is 11.4. The van der Waals surface area contributed by atoms with Crippen molar-refractivity contribution in [2.75, 3.05) is 6.61 Å². The molecular weight excluding hydrogens is 222 g/mol. The fraction of sp³-hybridized carbons (Fsp3) is 0.167. The summed E-state index contributed by atoms with van der Waals surface area (Å²) >= 11 is 1.51. The molecule has 3 nitrogen and oxygen atoms in total. The highest BCUT2D eigenvalue weighted by Crippen LogP contribution is 2.27. The van der Waals surface area contributed by atoms with Crippen molar-refractivity contribution in [3.63, 3.8) is 0 Å². The molecule has 0 saturated carbocycles. The van der Waals surface area contributed by atoms with Gasteiger partial charge in [0.2, 0.25) is 0 Å². The van der Waals surface area contributed by atoms with Crippen LogP contribution in [0.4, 0.5) is 0 Å². The van der Waals surface area contributed by atoms with E-state index in [-0.39, 0.29) is 5.97 Å². The molecule has 16 heavy (non-hydrogen) atoms. The molecule has 0 saturated heterocycles. The maximum atomic E-state index is 11.7. The lowest BCUT2D eigenvalue weighted by Crippen LogP contribution is -2.05. The Bertz CT molecular complexity index is 480. The van der Waals surface area contributed by atoms with Crippen molar-refractivity contribution < 1.29 is 9.53 Å². The van der Waals surface area contributed by atoms with Crippen molar-refractivity contribution in [3.05, 3.63) is 41.5 Å². The van der Waals surface area contributed by atoms with Crippen LogP contribution in [0.5, 0.6) is 0 Å². The van der Waals surface area contributed by atoms with E-state index < -0.39 is 0 Å². The van der Waals surface area contributed by atoms with Gasteiger partial charge in [0.25, 0.3) is 0 Å². The van der Waals surface area contributed by atoms with Crippen LogP contribution < -0.4 is 0 Å². The number of ether oxygens (including phenoxy) is 1. The summed E-state index contributed by atoms with van der Waals surface area (Å²) in [5, 5.41) is 0. The predicted molar refractivity (Wildman–Crippen MR) is 63.5 cm³/mol. The van der Waals surface area contributed by atoms with Gasteiger partial charge in [-0.3, -0.25) is 4.98 Å². The number of benzene rings is 1. The quantitative estimate of drug-likeness (QED) is 0.765. The highest BCUT2D eigenvalue weighted by molar-refractivity contribution is 7.13. The smallest absolute Gasteiger partial charge is 0.338 e. The Kier molecular flexibility index (Phi) is 3.31. The maximum absolute atomic E-state index is 11.7. The highest BCUT2D eigenvalue weighted by atomic mass is 32.1. The maximum Gasteiger partial charge on any atom is 0.338 e. The topological polar surface area (TPSA) is 39.2 Å². The van der Waals surface area contributed by atoms with Gasteiger partial charge in [-0.2, -0.15) is 0 Å². The molecule has 0 amide bonds. The van der Waals surface area contributed by atoms with Crippen molar-refractivity contribution in [1.29, 1.82) is 0 Å². The summed E-state index contributed by atoms with van der Waals surface area (Å²) in [5.41, 5.74) is 3.22. The monoisotopic (exact) mass is 233 g/mol. The third-order valence-electron chi connectivity index (χ3n) is 2.12. The van der Waals surface area contributed by atoms with Crippen LogP contribution in [0.15, 0.2) is 36.0 Å². The molecule has 2 rings (SSSR count). The SMILES string of the molecule is CCOC(=O)c1ccccc1-c1cncs1. The molecule has 1 aromatic heterocycles. The van der Waals surface area contributed by atoms with E-state index >= 15 is 0 Å². The van der Waals surface area contributed by atoms with Crippen molar-refractivity contribution in [3.8, 4) is 10.4 Å². The van der Waals surface area contributed by atoms with E-state index in [1.165, 1.54) is 11.3 Å². The van der Waals surface area contributed by atoms with E-state index in [9.17, 15) is 4.79 Å². The summed E-state index contributed by atoms with van der Waals surface area (Å²) in [7, 11) is 0. The van der Waals surface area contributed by atoms with Gasteiger partial charge in [-0.1, -0.05) is 18.2 Å². The van der Waals surface area contributed by atoms with E-state index in [1.807, 2.05) is 18.2 Å². The van der Waals surface area contributed by atoms with E-state index in [1.54, 1.807) is 24.7 Å². The number of rotatable bonds is 3. The summed E-state index contributed by atoms with van der Waals surface area (Å²) in [5.74, 6) is -0.286. The highest BCUT2D eigenvalue weighted by Gasteiger charge is 2.13. The first-order valence-corrected chi connectivity index (χ1v) is 5.86. The van der Waals surface area contributed by atoms with Gasteiger partial charge in [0.1, 0.15) is 0 Å². The van der Waals surface area contributed by atoms with Gasteiger partial charge in [0.15, 0.2) is 0 Å². The average molecular weight is 233 g/mol. The Hall–Kier alpha value is -1.68. The lowest BCUT2D eigenvalue weighted by Gasteiger charge is -2.06. The fourth-order valence-electron chi connectivity index (χ4n) is 1.43. The molecule has 0 N–H and O–H groups in total. The van der Waals surface area contributed by atoms with Crippen LogP contribution >= 0.6 is 11.3 Å².